The molecule has 1 aliphatic rings. The van der Waals surface area contributed by atoms with Crippen molar-refractivity contribution in [2.24, 2.45) is 5.92 Å². The lowest BCUT2D eigenvalue weighted by molar-refractivity contribution is -0.133. The predicted molar refractivity (Wildman–Crippen MR) is 79.1 cm³/mol. The molecule has 0 spiro atoms. The Morgan fingerprint density at radius 2 is 1.85 bits per heavy atom. The molecule has 0 radical (unpaired) electrons. The Kier molecular flexibility index (Phi) is 4.48. The van der Waals surface area contributed by atoms with Gasteiger partial charge in [-0.3, -0.25) is 4.79 Å². The van der Waals surface area contributed by atoms with Crippen LogP contribution < -0.4 is 0 Å². The topological polar surface area (TPSA) is 54.5 Å². The summed E-state index contributed by atoms with van der Waals surface area (Å²) in [6.45, 7) is 2.63. The van der Waals surface area contributed by atoms with E-state index >= 15 is 0 Å². The Bertz CT molecular complexity index is 578. The van der Waals surface area contributed by atoms with Crippen molar-refractivity contribution in [1.29, 1.82) is 0 Å². The highest BCUT2D eigenvalue weighted by Crippen LogP contribution is 2.21. The third-order valence-corrected chi connectivity index (χ3v) is 5.58. The summed E-state index contributed by atoms with van der Waals surface area (Å²) in [6.07, 6.45) is 1.45. The van der Waals surface area contributed by atoms with Crippen LogP contribution >= 0.6 is 0 Å². The van der Waals surface area contributed by atoms with Crippen LogP contribution in [-0.2, 0) is 27.6 Å². The van der Waals surface area contributed by atoms with Gasteiger partial charge in [0.1, 0.15) is 0 Å². The van der Waals surface area contributed by atoms with Crippen LogP contribution in [0, 0.1) is 5.92 Å². The normalized spacial score (nSPS) is 20.8. The molecule has 4 nitrogen and oxygen atoms in total. The van der Waals surface area contributed by atoms with E-state index in [1.807, 2.05) is 12.1 Å². The van der Waals surface area contributed by atoms with E-state index in [9.17, 15) is 13.2 Å². The molecule has 0 bridgehead atoms. The first-order valence-corrected chi connectivity index (χ1v) is 8.76. The molecule has 20 heavy (non-hydrogen) atoms. The number of rotatable bonds is 4. The van der Waals surface area contributed by atoms with Crippen molar-refractivity contribution in [3.63, 3.8) is 0 Å². The van der Waals surface area contributed by atoms with Crippen LogP contribution in [0.5, 0.6) is 0 Å². The summed E-state index contributed by atoms with van der Waals surface area (Å²) in [4.78, 5) is 13.9. The van der Waals surface area contributed by atoms with Crippen LogP contribution in [0.2, 0.25) is 0 Å². The third-order valence-electron chi connectivity index (χ3n) is 3.81. The van der Waals surface area contributed by atoms with Crippen molar-refractivity contribution in [3.8, 4) is 0 Å². The number of amides is 1. The molecular weight excluding hydrogens is 274 g/mol. The van der Waals surface area contributed by atoms with Gasteiger partial charge in [0.15, 0.2) is 9.84 Å². The van der Waals surface area contributed by atoms with Crippen molar-refractivity contribution in [1.82, 2.24) is 4.90 Å². The molecule has 0 aromatic heterocycles. The van der Waals surface area contributed by atoms with Gasteiger partial charge >= 0.3 is 0 Å². The average Bonchev–Trinajstić information content (AvgIpc) is 2.79. The monoisotopic (exact) mass is 295 g/mol. The van der Waals surface area contributed by atoms with Gasteiger partial charge in [-0.25, -0.2) is 8.42 Å². The summed E-state index contributed by atoms with van der Waals surface area (Å²) < 4.78 is 22.9. The molecule has 0 N–H and O–H groups in total. The number of aryl methyl sites for hydroxylation is 1. The summed E-state index contributed by atoms with van der Waals surface area (Å²) in [5.41, 5.74) is 2.34. The SMILES string of the molecule is CCc1ccc(CN(C)C(=O)C2CCS(=O)(=O)C2)cc1. The summed E-state index contributed by atoms with van der Waals surface area (Å²) >= 11 is 0. The largest absolute Gasteiger partial charge is 0.341 e. The second-order valence-electron chi connectivity index (χ2n) is 5.46. The quantitative estimate of drug-likeness (QED) is 0.848. The van der Waals surface area contributed by atoms with E-state index in [-0.39, 0.29) is 23.3 Å². The van der Waals surface area contributed by atoms with Gasteiger partial charge < -0.3 is 4.90 Å². The molecule has 0 aliphatic carbocycles. The van der Waals surface area contributed by atoms with E-state index in [4.69, 9.17) is 0 Å². The fourth-order valence-electron chi connectivity index (χ4n) is 2.53. The van der Waals surface area contributed by atoms with Gasteiger partial charge in [-0.2, -0.15) is 0 Å². The minimum atomic E-state index is -3.00. The van der Waals surface area contributed by atoms with E-state index in [2.05, 4.69) is 19.1 Å². The van der Waals surface area contributed by atoms with Gasteiger partial charge in [0, 0.05) is 13.6 Å². The average molecular weight is 295 g/mol. The van der Waals surface area contributed by atoms with E-state index in [1.54, 1.807) is 11.9 Å². The molecule has 1 unspecified atom stereocenters. The van der Waals surface area contributed by atoms with Gasteiger partial charge in [0.05, 0.1) is 17.4 Å². The van der Waals surface area contributed by atoms with Crippen molar-refractivity contribution in [2.45, 2.75) is 26.3 Å². The van der Waals surface area contributed by atoms with Gasteiger partial charge in [-0.15, -0.1) is 0 Å². The molecule has 110 valence electrons. The van der Waals surface area contributed by atoms with Gasteiger partial charge in [0.25, 0.3) is 0 Å². The number of nitrogens with zero attached hydrogens (tertiary/aromatic N) is 1. The molecule has 1 saturated heterocycles. The minimum absolute atomic E-state index is 0.00491. The standard InChI is InChI=1S/C15H21NO3S/c1-3-12-4-6-13(7-5-12)10-16(2)15(17)14-8-9-20(18,19)11-14/h4-7,14H,3,8-11H2,1-2H3. The van der Waals surface area contributed by atoms with E-state index in [0.29, 0.717) is 13.0 Å². The lowest BCUT2D eigenvalue weighted by Crippen LogP contribution is -2.33. The van der Waals surface area contributed by atoms with Gasteiger partial charge in [-0.05, 0) is 24.0 Å². The second kappa shape index (κ2) is 5.95. The number of carbonyl (C=O) groups excluding carboxylic acids is 1. The Labute approximate surface area is 120 Å². The zero-order chi connectivity index (χ0) is 14.8. The molecule has 0 saturated carbocycles. The number of sulfone groups is 1. The molecule has 1 aliphatic heterocycles. The van der Waals surface area contributed by atoms with Crippen molar-refractivity contribution in [2.75, 3.05) is 18.6 Å². The molecule has 1 fully saturated rings. The smallest absolute Gasteiger partial charge is 0.226 e. The second-order valence-corrected chi connectivity index (χ2v) is 7.69. The molecule has 1 amide bonds. The lowest BCUT2D eigenvalue weighted by atomic mass is 10.1. The number of benzene rings is 1. The Balaban J connectivity index is 1.97. The first kappa shape index (κ1) is 15.0. The van der Waals surface area contributed by atoms with Crippen LogP contribution in [0.25, 0.3) is 0 Å². The summed E-state index contributed by atoms with van der Waals surface area (Å²) in [5, 5.41) is 0. The van der Waals surface area contributed by atoms with Crippen LogP contribution in [0.4, 0.5) is 0 Å². The highest BCUT2D eigenvalue weighted by molar-refractivity contribution is 7.91. The van der Waals surface area contributed by atoms with Gasteiger partial charge in [0.2, 0.25) is 5.91 Å². The fraction of sp³-hybridized carbons (Fsp3) is 0.533. The van der Waals surface area contributed by atoms with E-state index in [1.165, 1.54) is 5.56 Å². The molecule has 1 heterocycles. The lowest BCUT2D eigenvalue weighted by Gasteiger charge is -2.20. The first-order valence-electron chi connectivity index (χ1n) is 6.94. The Hall–Kier alpha value is -1.36. The van der Waals surface area contributed by atoms with Crippen molar-refractivity contribution >= 4 is 15.7 Å². The fourth-order valence-corrected chi connectivity index (χ4v) is 4.27. The Morgan fingerprint density at radius 3 is 2.35 bits per heavy atom. The highest BCUT2D eigenvalue weighted by atomic mass is 32.2. The molecule has 5 heteroatoms. The van der Waals surface area contributed by atoms with E-state index < -0.39 is 9.84 Å². The first-order chi connectivity index (χ1) is 9.41. The molecule has 1 aromatic carbocycles. The maximum absolute atomic E-state index is 12.2. The van der Waals surface area contributed by atoms with Crippen LogP contribution in [0.15, 0.2) is 24.3 Å². The number of hydrogen-bond acceptors (Lipinski definition) is 3. The van der Waals surface area contributed by atoms with Gasteiger partial charge in [-0.1, -0.05) is 31.2 Å². The minimum Gasteiger partial charge on any atom is -0.341 e. The van der Waals surface area contributed by atoms with E-state index in [0.717, 1.165) is 12.0 Å². The molecule has 2 rings (SSSR count). The van der Waals surface area contributed by atoms with Crippen molar-refractivity contribution < 1.29 is 13.2 Å². The maximum atomic E-state index is 12.2. The van der Waals surface area contributed by atoms with Crippen LogP contribution in [0.3, 0.4) is 0 Å². The summed E-state index contributed by atoms with van der Waals surface area (Å²) in [5.74, 6) is -0.279. The molecule has 1 atom stereocenters. The number of carbonyl (C=O) groups is 1. The highest BCUT2D eigenvalue weighted by Gasteiger charge is 2.34. The van der Waals surface area contributed by atoms with Crippen LogP contribution in [0.1, 0.15) is 24.5 Å². The summed E-state index contributed by atoms with van der Waals surface area (Å²) in [7, 11) is -1.27. The Morgan fingerprint density at radius 1 is 1.25 bits per heavy atom. The zero-order valence-corrected chi connectivity index (χ0v) is 12.8. The van der Waals surface area contributed by atoms with Crippen LogP contribution in [-0.4, -0.2) is 37.8 Å². The predicted octanol–water partition coefficient (Wildman–Crippen LogP) is 1.64. The summed E-state index contributed by atoms with van der Waals surface area (Å²) in [6, 6.07) is 8.17. The maximum Gasteiger partial charge on any atom is 0.226 e. The van der Waals surface area contributed by atoms with Crippen molar-refractivity contribution in [3.05, 3.63) is 35.4 Å². The number of hydrogen-bond donors (Lipinski definition) is 0. The molecular formula is C15H21NO3S. The molecule has 1 aromatic rings. The third kappa shape index (κ3) is 3.60. The zero-order valence-electron chi connectivity index (χ0n) is 12.0.